The van der Waals surface area contributed by atoms with Crippen LogP contribution < -0.4 is 0 Å². The molecule has 1 N–H and O–H groups in total. The Labute approximate surface area is 70.8 Å². The van der Waals surface area contributed by atoms with Crippen LogP contribution in [0.4, 0.5) is 0 Å². The van der Waals surface area contributed by atoms with Crippen LogP contribution in [0.1, 0.15) is 52.9 Å². The van der Waals surface area contributed by atoms with Crippen molar-refractivity contribution in [3.63, 3.8) is 0 Å². The maximum absolute atomic E-state index is 9.45. The van der Waals surface area contributed by atoms with Crippen LogP contribution in [0.3, 0.4) is 0 Å². The quantitative estimate of drug-likeness (QED) is 0.589. The molecule has 0 rings (SSSR count). The van der Waals surface area contributed by atoms with Crippen LogP contribution in [0, 0.1) is 5.92 Å². The minimum absolute atomic E-state index is 0.0541. The third-order valence-electron chi connectivity index (χ3n) is 1.88. The molecule has 0 radical (unpaired) electrons. The van der Waals surface area contributed by atoms with Crippen LogP contribution in [0.15, 0.2) is 0 Å². The van der Waals surface area contributed by atoms with E-state index in [0.29, 0.717) is 5.92 Å². The molecule has 0 aliphatic heterocycles. The molecule has 0 fully saturated rings. The summed E-state index contributed by atoms with van der Waals surface area (Å²) in [5, 5.41) is 9.45. The summed E-state index contributed by atoms with van der Waals surface area (Å²) in [5.74, 6) is 0.631. The Morgan fingerprint density at radius 2 is 1.82 bits per heavy atom. The van der Waals surface area contributed by atoms with Crippen LogP contribution in [0.25, 0.3) is 0 Å². The van der Waals surface area contributed by atoms with E-state index in [-0.39, 0.29) is 6.10 Å². The van der Waals surface area contributed by atoms with Crippen molar-refractivity contribution in [2.45, 2.75) is 59.0 Å². The third-order valence-corrected chi connectivity index (χ3v) is 1.88. The number of hydrogen-bond donors (Lipinski definition) is 1. The van der Waals surface area contributed by atoms with Gasteiger partial charge in [-0.3, -0.25) is 0 Å². The second-order valence-corrected chi connectivity index (χ2v) is 3.78. The summed E-state index contributed by atoms with van der Waals surface area (Å²) in [6.45, 7) is 6.50. The molecule has 11 heavy (non-hydrogen) atoms. The van der Waals surface area contributed by atoms with Crippen LogP contribution >= 0.6 is 0 Å². The Morgan fingerprint density at radius 3 is 2.27 bits per heavy atom. The lowest BCUT2D eigenvalue weighted by Gasteiger charge is -2.11. The van der Waals surface area contributed by atoms with Gasteiger partial charge in [0.15, 0.2) is 0 Å². The normalized spacial score (nSPS) is 13.9. The van der Waals surface area contributed by atoms with Crippen molar-refractivity contribution in [2.24, 2.45) is 5.92 Å². The first-order chi connectivity index (χ1) is 5.16. The summed E-state index contributed by atoms with van der Waals surface area (Å²) < 4.78 is 0. The van der Waals surface area contributed by atoms with Crippen LogP contribution in [0.5, 0.6) is 0 Å². The predicted octanol–water partition coefficient (Wildman–Crippen LogP) is 2.97. The molecular formula is C10H22O. The molecule has 0 bridgehead atoms. The van der Waals surface area contributed by atoms with Gasteiger partial charge in [-0.25, -0.2) is 0 Å². The Morgan fingerprint density at radius 1 is 1.18 bits per heavy atom. The van der Waals surface area contributed by atoms with Gasteiger partial charge in [0.2, 0.25) is 0 Å². The minimum atomic E-state index is -0.0541. The largest absolute Gasteiger partial charge is 0.393 e. The molecule has 1 atom stereocenters. The molecule has 0 saturated heterocycles. The molecule has 0 aromatic carbocycles. The maximum Gasteiger partial charge on any atom is 0.0542 e. The molecular weight excluding hydrogens is 136 g/mol. The lowest BCUT2D eigenvalue weighted by atomic mass is 10.0. The minimum Gasteiger partial charge on any atom is -0.393 e. The van der Waals surface area contributed by atoms with Gasteiger partial charge in [-0.05, 0) is 18.8 Å². The maximum atomic E-state index is 9.45. The van der Waals surface area contributed by atoms with E-state index in [9.17, 15) is 5.11 Å². The number of hydrogen-bond acceptors (Lipinski definition) is 1. The van der Waals surface area contributed by atoms with E-state index in [1.165, 1.54) is 19.3 Å². The van der Waals surface area contributed by atoms with E-state index in [2.05, 4.69) is 20.8 Å². The summed E-state index contributed by atoms with van der Waals surface area (Å²) >= 11 is 0. The van der Waals surface area contributed by atoms with Crippen molar-refractivity contribution in [1.82, 2.24) is 0 Å². The van der Waals surface area contributed by atoms with Gasteiger partial charge in [0, 0.05) is 0 Å². The predicted molar refractivity (Wildman–Crippen MR) is 49.6 cm³/mol. The van der Waals surface area contributed by atoms with Crippen molar-refractivity contribution in [3.8, 4) is 0 Å². The van der Waals surface area contributed by atoms with E-state index in [0.717, 1.165) is 12.8 Å². The van der Waals surface area contributed by atoms with Crippen LogP contribution in [-0.4, -0.2) is 11.2 Å². The van der Waals surface area contributed by atoms with Crippen molar-refractivity contribution >= 4 is 0 Å². The fraction of sp³-hybridized carbons (Fsp3) is 1.00. The van der Waals surface area contributed by atoms with E-state index >= 15 is 0 Å². The summed E-state index contributed by atoms with van der Waals surface area (Å²) in [5.41, 5.74) is 0. The average Bonchev–Trinajstić information content (AvgIpc) is 1.86. The molecule has 68 valence electrons. The van der Waals surface area contributed by atoms with E-state index < -0.39 is 0 Å². The molecule has 0 heterocycles. The number of unbranched alkanes of at least 4 members (excludes halogenated alkanes) is 2. The zero-order chi connectivity index (χ0) is 8.69. The monoisotopic (exact) mass is 158 g/mol. The van der Waals surface area contributed by atoms with Gasteiger partial charge in [-0.15, -0.1) is 0 Å². The second kappa shape index (κ2) is 6.66. The molecule has 0 amide bonds. The topological polar surface area (TPSA) is 20.2 Å². The van der Waals surface area contributed by atoms with Crippen LogP contribution in [0.2, 0.25) is 0 Å². The SMILES string of the molecule is CCCCCC(O)CC(C)C. The van der Waals surface area contributed by atoms with Gasteiger partial charge in [0.05, 0.1) is 6.10 Å². The first-order valence-electron chi connectivity index (χ1n) is 4.84. The number of aliphatic hydroxyl groups is 1. The number of rotatable bonds is 6. The first kappa shape index (κ1) is 11.0. The van der Waals surface area contributed by atoms with Gasteiger partial charge in [-0.2, -0.15) is 0 Å². The summed E-state index contributed by atoms with van der Waals surface area (Å²) in [4.78, 5) is 0. The fourth-order valence-electron chi connectivity index (χ4n) is 1.29. The Kier molecular flexibility index (Phi) is 6.63. The highest BCUT2D eigenvalue weighted by atomic mass is 16.3. The molecule has 0 aromatic heterocycles. The highest BCUT2D eigenvalue weighted by Crippen LogP contribution is 2.11. The lowest BCUT2D eigenvalue weighted by Crippen LogP contribution is -2.09. The average molecular weight is 158 g/mol. The molecule has 0 spiro atoms. The summed E-state index contributed by atoms with van der Waals surface area (Å²) in [7, 11) is 0. The Balaban J connectivity index is 3.15. The smallest absolute Gasteiger partial charge is 0.0542 e. The van der Waals surface area contributed by atoms with Crippen molar-refractivity contribution in [3.05, 3.63) is 0 Å². The molecule has 0 aromatic rings. The van der Waals surface area contributed by atoms with Gasteiger partial charge in [0.25, 0.3) is 0 Å². The number of aliphatic hydroxyl groups excluding tert-OH is 1. The highest BCUT2D eigenvalue weighted by molar-refractivity contribution is 4.58. The highest BCUT2D eigenvalue weighted by Gasteiger charge is 2.05. The van der Waals surface area contributed by atoms with Crippen LogP contribution in [-0.2, 0) is 0 Å². The zero-order valence-electron chi connectivity index (χ0n) is 8.14. The van der Waals surface area contributed by atoms with E-state index in [1.54, 1.807) is 0 Å². The lowest BCUT2D eigenvalue weighted by molar-refractivity contribution is 0.136. The van der Waals surface area contributed by atoms with Gasteiger partial charge < -0.3 is 5.11 Å². The molecule has 0 saturated carbocycles. The van der Waals surface area contributed by atoms with Crippen molar-refractivity contribution in [2.75, 3.05) is 0 Å². The van der Waals surface area contributed by atoms with Crippen molar-refractivity contribution in [1.29, 1.82) is 0 Å². The molecule has 1 nitrogen and oxygen atoms in total. The summed E-state index contributed by atoms with van der Waals surface area (Å²) in [6, 6.07) is 0. The second-order valence-electron chi connectivity index (χ2n) is 3.78. The fourth-order valence-corrected chi connectivity index (χ4v) is 1.29. The molecule has 0 aliphatic rings. The molecule has 0 aliphatic carbocycles. The van der Waals surface area contributed by atoms with Gasteiger partial charge in [0.1, 0.15) is 0 Å². The van der Waals surface area contributed by atoms with Crippen molar-refractivity contribution < 1.29 is 5.11 Å². The Bertz CT molecular complexity index is 78.9. The Hall–Kier alpha value is -0.0400. The van der Waals surface area contributed by atoms with E-state index in [4.69, 9.17) is 0 Å². The third kappa shape index (κ3) is 7.86. The molecule has 1 heteroatoms. The zero-order valence-corrected chi connectivity index (χ0v) is 8.14. The summed E-state index contributed by atoms with van der Waals surface area (Å²) in [6.07, 6.45) is 5.59. The molecule has 1 unspecified atom stereocenters. The first-order valence-corrected chi connectivity index (χ1v) is 4.84. The van der Waals surface area contributed by atoms with Gasteiger partial charge in [-0.1, -0.05) is 40.0 Å². The van der Waals surface area contributed by atoms with E-state index in [1.807, 2.05) is 0 Å². The standard InChI is InChI=1S/C10H22O/c1-4-5-6-7-10(11)8-9(2)3/h9-11H,4-8H2,1-3H3. The van der Waals surface area contributed by atoms with Gasteiger partial charge >= 0.3 is 0 Å².